The predicted octanol–water partition coefficient (Wildman–Crippen LogP) is 2.82. The third kappa shape index (κ3) is 5.83. The Hall–Kier alpha value is -1.31. The highest BCUT2D eigenvalue weighted by atomic mass is 32.2. The van der Waals surface area contributed by atoms with Gasteiger partial charge in [0.25, 0.3) is 0 Å². The molecule has 0 radical (unpaired) electrons. The Balaban J connectivity index is 1.45. The number of sulfonamides is 1. The van der Waals surface area contributed by atoms with Crippen molar-refractivity contribution >= 4 is 21.4 Å². The predicted molar refractivity (Wildman–Crippen MR) is 111 cm³/mol. The average Bonchev–Trinajstić information content (AvgIpc) is 2.68. The van der Waals surface area contributed by atoms with Gasteiger partial charge in [0, 0.05) is 37.1 Å². The minimum Gasteiger partial charge on any atom is -0.385 e. The Labute approximate surface area is 163 Å². The number of hydrogen-bond acceptors (Lipinski definition) is 5. The first-order valence-corrected chi connectivity index (χ1v) is 11.7. The molecule has 0 atom stereocenters. The van der Waals surface area contributed by atoms with Crippen LogP contribution in [0.2, 0.25) is 0 Å². The first-order chi connectivity index (χ1) is 12.9. The molecule has 0 spiro atoms. The second kappa shape index (κ2) is 9.26. The van der Waals surface area contributed by atoms with Gasteiger partial charge in [-0.3, -0.25) is 0 Å². The fraction of sp³-hybridized carbons (Fsp3) is 0.700. The van der Waals surface area contributed by atoms with Crippen LogP contribution in [-0.4, -0.2) is 52.6 Å². The van der Waals surface area contributed by atoms with E-state index < -0.39 is 10.0 Å². The summed E-state index contributed by atoms with van der Waals surface area (Å²) in [6.45, 7) is 7.87. The van der Waals surface area contributed by atoms with Crippen molar-refractivity contribution in [3.05, 3.63) is 24.3 Å². The zero-order chi connectivity index (χ0) is 19.3. The van der Waals surface area contributed by atoms with Gasteiger partial charge in [-0.15, -0.1) is 0 Å². The highest BCUT2D eigenvalue weighted by Crippen LogP contribution is 2.26. The van der Waals surface area contributed by atoms with E-state index in [4.69, 9.17) is 4.74 Å². The van der Waals surface area contributed by atoms with Crippen LogP contribution < -0.4 is 14.9 Å². The van der Waals surface area contributed by atoms with Crippen molar-refractivity contribution in [2.24, 2.45) is 5.92 Å². The Morgan fingerprint density at radius 2 is 1.85 bits per heavy atom. The summed E-state index contributed by atoms with van der Waals surface area (Å²) in [5, 5.41) is 3.21. The van der Waals surface area contributed by atoms with Crippen molar-refractivity contribution in [3.63, 3.8) is 0 Å². The van der Waals surface area contributed by atoms with Crippen LogP contribution in [0.1, 0.15) is 39.5 Å². The fourth-order valence-corrected chi connectivity index (χ4v) is 4.72. The number of hydrogen-bond donors (Lipinski definition) is 2. The molecule has 2 N–H and O–H groups in total. The SMILES string of the molecule is CC(C)S(=O)(=O)N[C@H]1CC[C@H](CNc2cccc(N3CCOCC3)c2)CC1. The highest BCUT2D eigenvalue weighted by Gasteiger charge is 2.26. The Morgan fingerprint density at radius 3 is 2.52 bits per heavy atom. The average molecular weight is 396 g/mol. The lowest BCUT2D eigenvalue weighted by Gasteiger charge is -2.30. The minimum atomic E-state index is -3.17. The number of benzene rings is 1. The number of nitrogens with zero attached hydrogens (tertiary/aromatic N) is 1. The molecule has 1 aromatic carbocycles. The van der Waals surface area contributed by atoms with Gasteiger partial charge in [-0.2, -0.15) is 0 Å². The molecule has 1 aliphatic heterocycles. The molecule has 1 heterocycles. The molecule has 3 rings (SSSR count). The van der Waals surface area contributed by atoms with Crippen molar-refractivity contribution in [2.45, 2.75) is 50.8 Å². The van der Waals surface area contributed by atoms with Crippen LogP contribution in [0.5, 0.6) is 0 Å². The Kier molecular flexibility index (Phi) is 7.00. The van der Waals surface area contributed by atoms with Gasteiger partial charge < -0.3 is 15.0 Å². The van der Waals surface area contributed by atoms with E-state index in [1.165, 1.54) is 5.69 Å². The van der Waals surface area contributed by atoms with Gasteiger partial charge in [0.1, 0.15) is 0 Å². The van der Waals surface area contributed by atoms with Crippen molar-refractivity contribution in [3.8, 4) is 0 Å². The quantitative estimate of drug-likeness (QED) is 0.743. The minimum absolute atomic E-state index is 0.0956. The summed E-state index contributed by atoms with van der Waals surface area (Å²) >= 11 is 0. The summed E-state index contributed by atoms with van der Waals surface area (Å²) in [5.41, 5.74) is 2.40. The molecule has 0 aromatic heterocycles. The van der Waals surface area contributed by atoms with E-state index in [1.807, 2.05) is 0 Å². The largest absolute Gasteiger partial charge is 0.385 e. The lowest BCUT2D eigenvalue weighted by atomic mass is 9.86. The molecule has 1 saturated heterocycles. The van der Waals surface area contributed by atoms with Crippen molar-refractivity contribution in [1.82, 2.24) is 4.72 Å². The third-order valence-corrected chi connectivity index (χ3v) is 7.52. The van der Waals surface area contributed by atoms with Crippen LogP contribution in [0.15, 0.2) is 24.3 Å². The van der Waals surface area contributed by atoms with E-state index >= 15 is 0 Å². The third-order valence-electron chi connectivity index (χ3n) is 5.62. The topological polar surface area (TPSA) is 70.7 Å². The van der Waals surface area contributed by atoms with Crippen molar-refractivity contribution < 1.29 is 13.2 Å². The molecule has 1 aliphatic carbocycles. The van der Waals surface area contributed by atoms with Crippen LogP contribution in [0.4, 0.5) is 11.4 Å². The zero-order valence-corrected chi connectivity index (χ0v) is 17.3. The molecular weight excluding hydrogens is 362 g/mol. The van der Waals surface area contributed by atoms with Crippen molar-refractivity contribution in [1.29, 1.82) is 0 Å². The molecule has 2 aliphatic rings. The van der Waals surface area contributed by atoms with Gasteiger partial charge in [-0.1, -0.05) is 6.07 Å². The first-order valence-electron chi connectivity index (χ1n) is 10.1. The smallest absolute Gasteiger partial charge is 0.214 e. The standard InChI is InChI=1S/C20H33N3O3S/c1-16(2)27(24,25)22-18-8-6-17(7-9-18)15-21-19-4-3-5-20(14-19)23-10-12-26-13-11-23/h3-5,14,16-18,21-22H,6-13,15H2,1-2H3/t17-,18-. The lowest BCUT2D eigenvalue weighted by Crippen LogP contribution is -2.41. The van der Waals surface area contributed by atoms with E-state index in [-0.39, 0.29) is 11.3 Å². The molecule has 0 amide bonds. The van der Waals surface area contributed by atoms with E-state index in [2.05, 4.69) is 39.2 Å². The summed E-state index contributed by atoms with van der Waals surface area (Å²) in [4.78, 5) is 2.36. The van der Waals surface area contributed by atoms with Gasteiger partial charge in [-0.05, 0) is 63.6 Å². The molecule has 1 saturated carbocycles. The second-order valence-electron chi connectivity index (χ2n) is 7.96. The van der Waals surface area contributed by atoms with E-state index in [0.29, 0.717) is 5.92 Å². The van der Waals surface area contributed by atoms with E-state index in [9.17, 15) is 8.42 Å². The summed E-state index contributed by atoms with van der Waals surface area (Å²) in [7, 11) is -3.17. The van der Waals surface area contributed by atoms with Crippen LogP contribution in [0.25, 0.3) is 0 Å². The van der Waals surface area contributed by atoms with Crippen LogP contribution in [0.3, 0.4) is 0 Å². The van der Waals surface area contributed by atoms with E-state index in [0.717, 1.165) is 64.2 Å². The molecule has 27 heavy (non-hydrogen) atoms. The van der Waals surface area contributed by atoms with Crippen LogP contribution >= 0.6 is 0 Å². The van der Waals surface area contributed by atoms with Crippen LogP contribution in [-0.2, 0) is 14.8 Å². The molecule has 0 unspecified atom stereocenters. The molecule has 6 nitrogen and oxygen atoms in total. The zero-order valence-electron chi connectivity index (χ0n) is 16.5. The molecule has 1 aromatic rings. The van der Waals surface area contributed by atoms with Gasteiger partial charge in [-0.25, -0.2) is 13.1 Å². The lowest BCUT2D eigenvalue weighted by molar-refractivity contribution is 0.122. The van der Waals surface area contributed by atoms with Gasteiger partial charge in [0.05, 0.1) is 18.5 Å². The monoisotopic (exact) mass is 395 g/mol. The summed E-state index contributed by atoms with van der Waals surface area (Å²) < 4.78 is 32.3. The number of rotatable bonds is 7. The maximum absolute atomic E-state index is 12.0. The van der Waals surface area contributed by atoms with Gasteiger partial charge in [0.2, 0.25) is 10.0 Å². The molecular formula is C20H33N3O3S. The van der Waals surface area contributed by atoms with Gasteiger partial charge in [0.15, 0.2) is 0 Å². The maximum atomic E-state index is 12.0. The first kappa shape index (κ1) is 20.4. The Morgan fingerprint density at radius 1 is 1.15 bits per heavy atom. The maximum Gasteiger partial charge on any atom is 0.214 e. The van der Waals surface area contributed by atoms with Crippen molar-refractivity contribution in [2.75, 3.05) is 43.1 Å². The second-order valence-corrected chi connectivity index (χ2v) is 10.2. The molecule has 2 fully saturated rings. The summed E-state index contributed by atoms with van der Waals surface area (Å²) in [6.07, 6.45) is 3.96. The number of morpholine rings is 1. The van der Waals surface area contributed by atoms with Gasteiger partial charge >= 0.3 is 0 Å². The number of nitrogens with one attached hydrogen (secondary N) is 2. The summed E-state index contributed by atoms with van der Waals surface area (Å²) in [6, 6.07) is 8.69. The summed E-state index contributed by atoms with van der Waals surface area (Å²) in [5.74, 6) is 0.594. The molecule has 0 bridgehead atoms. The normalized spacial score (nSPS) is 24.2. The number of ether oxygens (including phenoxy) is 1. The fourth-order valence-electron chi connectivity index (χ4n) is 3.75. The Bertz CT molecular complexity index is 694. The molecule has 7 heteroatoms. The number of anilines is 2. The van der Waals surface area contributed by atoms with Crippen LogP contribution in [0, 0.1) is 5.92 Å². The molecule has 152 valence electrons. The highest BCUT2D eigenvalue weighted by molar-refractivity contribution is 7.90. The van der Waals surface area contributed by atoms with E-state index in [1.54, 1.807) is 13.8 Å².